The third kappa shape index (κ3) is 2.80. The summed E-state index contributed by atoms with van der Waals surface area (Å²) in [5.74, 6) is -0.973. The molecular weight excluding hydrogens is 271 g/mol. The number of nitrogens with zero attached hydrogens (tertiary/aromatic N) is 1. The maximum Gasteiger partial charge on any atom is 0.416 e. The van der Waals surface area contributed by atoms with Gasteiger partial charge in [-0.05, 0) is 37.9 Å². The van der Waals surface area contributed by atoms with Crippen molar-refractivity contribution in [1.29, 1.82) is 0 Å². The summed E-state index contributed by atoms with van der Waals surface area (Å²) in [6, 6.07) is 4.08. The molecule has 1 saturated heterocycles. The van der Waals surface area contributed by atoms with Crippen molar-refractivity contribution in [2.45, 2.75) is 38.0 Å². The summed E-state index contributed by atoms with van der Waals surface area (Å²) < 4.78 is 39.0. The predicted molar refractivity (Wildman–Crippen MR) is 67.2 cm³/mol. The van der Waals surface area contributed by atoms with Crippen molar-refractivity contribution in [2.24, 2.45) is 0 Å². The van der Waals surface area contributed by atoms with Gasteiger partial charge in [-0.25, -0.2) is 0 Å². The zero-order valence-electron chi connectivity index (χ0n) is 11.0. The SMILES string of the molecule is CC(c1ccccc1C(F)(F)F)N1CCCC1C(=O)O. The van der Waals surface area contributed by atoms with Crippen LogP contribution in [0.5, 0.6) is 0 Å². The van der Waals surface area contributed by atoms with E-state index in [1.54, 1.807) is 17.9 Å². The van der Waals surface area contributed by atoms with E-state index in [1.807, 2.05) is 0 Å². The smallest absolute Gasteiger partial charge is 0.416 e. The Kier molecular flexibility index (Phi) is 4.04. The van der Waals surface area contributed by atoms with E-state index in [9.17, 15) is 18.0 Å². The van der Waals surface area contributed by atoms with Crippen molar-refractivity contribution in [3.8, 4) is 0 Å². The standard InChI is InChI=1S/C14H16F3NO2/c1-9(18-8-4-7-12(18)13(19)20)10-5-2-3-6-11(10)14(15,16)17/h2-3,5-6,9,12H,4,7-8H2,1H3,(H,19,20). The van der Waals surface area contributed by atoms with Gasteiger partial charge in [0.25, 0.3) is 0 Å². The number of hydrogen-bond donors (Lipinski definition) is 1. The minimum Gasteiger partial charge on any atom is -0.480 e. The van der Waals surface area contributed by atoms with E-state index in [2.05, 4.69) is 0 Å². The number of carbonyl (C=O) groups is 1. The number of carboxylic acid groups (broad SMARTS) is 1. The van der Waals surface area contributed by atoms with Crippen molar-refractivity contribution in [3.63, 3.8) is 0 Å². The van der Waals surface area contributed by atoms with E-state index in [0.29, 0.717) is 19.4 Å². The number of carboxylic acids is 1. The Morgan fingerprint density at radius 3 is 2.65 bits per heavy atom. The van der Waals surface area contributed by atoms with Gasteiger partial charge in [-0.3, -0.25) is 9.69 Å². The number of likely N-dealkylation sites (tertiary alicyclic amines) is 1. The lowest BCUT2D eigenvalue weighted by Crippen LogP contribution is -2.38. The van der Waals surface area contributed by atoms with Crippen LogP contribution in [0.4, 0.5) is 13.2 Å². The summed E-state index contributed by atoms with van der Waals surface area (Å²) in [7, 11) is 0. The number of halogens is 3. The van der Waals surface area contributed by atoms with Crippen LogP contribution in [0.1, 0.15) is 36.9 Å². The maximum atomic E-state index is 13.0. The fraction of sp³-hybridized carbons (Fsp3) is 0.500. The monoisotopic (exact) mass is 287 g/mol. The van der Waals surface area contributed by atoms with Crippen LogP contribution in [0.3, 0.4) is 0 Å². The molecular formula is C14H16F3NO2. The highest BCUT2D eigenvalue weighted by molar-refractivity contribution is 5.73. The van der Waals surface area contributed by atoms with Crippen LogP contribution in [0.15, 0.2) is 24.3 Å². The predicted octanol–water partition coefficient (Wildman–Crippen LogP) is 3.32. The molecule has 0 spiro atoms. The van der Waals surface area contributed by atoms with Crippen LogP contribution in [0.2, 0.25) is 0 Å². The van der Waals surface area contributed by atoms with E-state index >= 15 is 0 Å². The average Bonchev–Trinajstić information content (AvgIpc) is 2.86. The quantitative estimate of drug-likeness (QED) is 0.927. The van der Waals surface area contributed by atoms with Gasteiger partial charge in [-0.15, -0.1) is 0 Å². The fourth-order valence-electron chi connectivity index (χ4n) is 2.82. The highest BCUT2D eigenvalue weighted by atomic mass is 19.4. The molecule has 3 nitrogen and oxygen atoms in total. The maximum absolute atomic E-state index is 13.0. The lowest BCUT2D eigenvalue weighted by atomic mass is 9.99. The van der Waals surface area contributed by atoms with Gasteiger partial charge in [0.1, 0.15) is 6.04 Å². The Hall–Kier alpha value is -1.56. The molecule has 2 unspecified atom stereocenters. The Labute approximate surface area is 115 Å². The van der Waals surface area contributed by atoms with Gasteiger partial charge >= 0.3 is 12.1 Å². The molecule has 1 fully saturated rings. The molecule has 1 N–H and O–H groups in total. The first-order chi connectivity index (χ1) is 9.32. The van der Waals surface area contributed by atoms with Crippen molar-refractivity contribution in [1.82, 2.24) is 4.90 Å². The Bertz CT molecular complexity index is 501. The number of hydrogen-bond acceptors (Lipinski definition) is 2. The molecule has 6 heteroatoms. The lowest BCUT2D eigenvalue weighted by Gasteiger charge is -2.30. The molecule has 1 aliphatic heterocycles. The molecule has 0 bridgehead atoms. The van der Waals surface area contributed by atoms with Gasteiger partial charge in [0.2, 0.25) is 0 Å². The molecule has 0 aromatic heterocycles. The van der Waals surface area contributed by atoms with E-state index in [-0.39, 0.29) is 5.56 Å². The molecule has 0 saturated carbocycles. The van der Waals surface area contributed by atoms with E-state index in [4.69, 9.17) is 5.11 Å². The Morgan fingerprint density at radius 2 is 2.05 bits per heavy atom. The molecule has 0 amide bonds. The molecule has 2 atom stereocenters. The second kappa shape index (κ2) is 5.44. The summed E-state index contributed by atoms with van der Waals surface area (Å²) in [6.45, 7) is 2.14. The normalized spacial score (nSPS) is 21.9. The van der Waals surface area contributed by atoms with Gasteiger partial charge in [0, 0.05) is 6.04 Å². The first kappa shape index (κ1) is 14.8. The highest BCUT2D eigenvalue weighted by Crippen LogP contribution is 2.38. The molecule has 0 radical (unpaired) electrons. The highest BCUT2D eigenvalue weighted by Gasteiger charge is 2.39. The molecule has 110 valence electrons. The van der Waals surface area contributed by atoms with Gasteiger partial charge < -0.3 is 5.11 Å². The van der Waals surface area contributed by atoms with Gasteiger partial charge in [-0.1, -0.05) is 18.2 Å². The second-order valence-electron chi connectivity index (χ2n) is 5.00. The van der Waals surface area contributed by atoms with E-state index in [0.717, 1.165) is 6.07 Å². The van der Waals surface area contributed by atoms with E-state index < -0.39 is 29.8 Å². The first-order valence-corrected chi connectivity index (χ1v) is 6.47. The van der Waals surface area contributed by atoms with Crippen molar-refractivity contribution in [2.75, 3.05) is 6.54 Å². The topological polar surface area (TPSA) is 40.5 Å². The molecule has 1 aliphatic rings. The molecule has 1 aromatic carbocycles. The summed E-state index contributed by atoms with van der Waals surface area (Å²) in [5.41, 5.74) is -0.559. The zero-order valence-corrected chi connectivity index (χ0v) is 11.0. The van der Waals surface area contributed by atoms with Crippen molar-refractivity contribution >= 4 is 5.97 Å². The minimum absolute atomic E-state index is 0.133. The lowest BCUT2D eigenvalue weighted by molar-refractivity contribution is -0.143. The summed E-state index contributed by atoms with van der Waals surface area (Å²) in [5, 5.41) is 9.14. The van der Waals surface area contributed by atoms with Crippen molar-refractivity contribution in [3.05, 3.63) is 35.4 Å². The van der Waals surface area contributed by atoms with Crippen LogP contribution >= 0.6 is 0 Å². The molecule has 0 aliphatic carbocycles. The van der Waals surface area contributed by atoms with Gasteiger partial charge in [0.15, 0.2) is 0 Å². The van der Waals surface area contributed by atoms with Crippen LogP contribution in [-0.4, -0.2) is 28.6 Å². The molecule has 20 heavy (non-hydrogen) atoms. The third-order valence-electron chi connectivity index (χ3n) is 3.79. The van der Waals surface area contributed by atoms with Crippen LogP contribution in [-0.2, 0) is 11.0 Å². The number of benzene rings is 1. The molecule has 2 rings (SSSR count). The fourth-order valence-corrected chi connectivity index (χ4v) is 2.82. The molecule has 1 heterocycles. The van der Waals surface area contributed by atoms with Crippen LogP contribution in [0, 0.1) is 0 Å². The molecule has 1 aromatic rings. The van der Waals surface area contributed by atoms with Crippen molar-refractivity contribution < 1.29 is 23.1 Å². The number of aliphatic carboxylic acids is 1. The summed E-state index contributed by atoms with van der Waals surface area (Å²) in [4.78, 5) is 12.8. The minimum atomic E-state index is -4.43. The zero-order chi connectivity index (χ0) is 14.9. The second-order valence-corrected chi connectivity index (χ2v) is 5.00. The number of rotatable bonds is 3. The first-order valence-electron chi connectivity index (χ1n) is 6.47. The Balaban J connectivity index is 2.34. The Morgan fingerprint density at radius 1 is 1.40 bits per heavy atom. The summed E-state index contributed by atoms with van der Waals surface area (Å²) in [6.07, 6.45) is -3.26. The summed E-state index contributed by atoms with van der Waals surface area (Å²) >= 11 is 0. The number of alkyl halides is 3. The van der Waals surface area contributed by atoms with Crippen LogP contribution in [0.25, 0.3) is 0 Å². The van der Waals surface area contributed by atoms with Gasteiger partial charge in [0.05, 0.1) is 5.56 Å². The van der Waals surface area contributed by atoms with Gasteiger partial charge in [-0.2, -0.15) is 13.2 Å². The third-order valence-corrected chi connectivity index (χ3v) is 3.79. The average molecular weight is 287 g/mol. The van der Waals surface area contributed by atoms with E-state index in [1.165, 1.54) is 12.1 Å². The van der Waals surface area contributed by atoms with Crippen LogP contribution < -0.4 is 0 Å². The largest absolute Gasteiger partial charge is 0.480 e.